The second-order valence-electron chi connectivity index (χ2n) is 16.8. The van der Waals surface area contributed by atoms with E-state index < -0.39 is 0 Å². The van der Waals surface area contributed by atoms with Crippen molar-refractivity contribution in [3.8, 4) is 11.1 Å². The molecule has 0 bridgehead atoms. The average Bonchev–Trinajstić information content (AvgIpc) is 2.92. The first-order valence-corrected chi connectivity index (χ1v) is 16.8. The summed E-state index contributed by atoms with van der Waals surface area (Å²) >= 11 is 0. The predicted octanol–water partition coefficient (Wildman–Crippen LogP) is 9.89. The highest BCUT2D eigenvalue weighted by molar-refractivity contribution is 6.09. The Kier molecular flexibility index (Phi) is 8.08. The number of ether oxygens (including phenoxy) is 2. The van der Waals surface area contributed by atoms with Crippen LogP contribution in [0.3, 0.4) is 0 Å². The van der Waals surface area contributed by atoms with Crippen molar-refractivity contribution in [2.45, 2.75) is 111 Å². The van der Waals surface area contributed by atoms with Gasteiger partial charge in [-0.05, 0) is 115 Å². The first kappa shape index (κ1) is 32.2. The number of hydrogen-bond donors (Lipinski definition) is 1. The first-order chi connectivity index (χ1) is 21.5. The van der Waals surface area contributed by atoms with E-state index in [0.717, 1.165) is 64.8 Å². The van der Waals surface area contributed by atoms with Crippen LogP contribution in [0.15, 0.2) is 72.8 Å². The third kappa shape index (κ3) is 7.00. The summed E-state index contributed by atoms with van der Waals surface area (Å²) in [5.74, 6) is -0.618. The van der Waals surface area contributed by atoms with E-state index in [9.17, 15) is 9.59 Å². The molecule has 0 unspecified atom stereocenters. The van der Waals surface area contributed by atoms with E-state index >= 15 is 0 Å². The van der Waals surface area contributed by atoms with Crippen LogP contribution in [-0.4, -0.2) is 35.2 Å². The quantitative estimate of drug-likeness (QED) is 0.225. The molecule has 46 heavy (non-hydrogen) atoms. The van der Waals surface area contributed by atoms with Crippen LogP contribution in [0.4, 0.5) is 0 Å². The fourth-order valence-electron chi connectivity index (χ4n) is 8.86. The number of benzene rings is 4. The number of carbonyl (C=O) groups excluding carboxylic acids is 2. The van der Waals surface area contributed by atoms with Gasteiger partial charge < -0.3 is 14.8 Å². The van der Waals surface area contributed by atoms with E-state index in [1.54, 1.807) is 0 Å². The summed E-state index contributed by atoms with van der Waals surface area (Å²) in [6.07, 6.45) is 3.95. The molecule has 2 aliphatic rings. The zero-order valence-electron chi connectivity index (χ0n) is 28.8. The molecule has 1 heterocycles. The van der Waals surface area contributed by atoms with Gasteiger partial charge >= 0.3 is 11.9 Å². The maximum absolute atomic E-state index is 13.9. The van der Waals surface area contributed by atoms with Crippen molar-refractivity contribution in [2.24, 2.45) is 10.8 Å². The summed E-state index contributed by atoms with van der Waals surface area (Å²) < 4.78 is 12.5. The molecule has 242 valence electrons. The molecule has 0 spiro atoms. The fraction of sp³-hybridized carbons (Fsp3) is 0.463. The minimum absolute atomic E-state index is 0.104. The third-order valence-electron chi connectivity index (χ3n) is 9.71. The first-order valence-electron chi connectivity index (χ1n) is 16.8. The molecule has 1 saturated heterocycles. The van der Waals surface area contributed by atoms with Crippen LogP contribution in [-0.2, 0) is 9.47 Å². The van der Waals surface area contributed by atoms with E-state index in [1.165, 1.54) is 0 Å². The number of carbonyl (C=O) groups is 2. The molecule has 6 rings (SSSR count). The van der Waals surface area contributed by atoms with Crippen LogP contribution in [0.1, 0.15) is 108 Å². The summed E-state index contributed by atoms with van der Waals surface area (Å²) in [7, 11) is 0. The SMILES string of the molecule is CC1(C)CC(OC(=O)c2cc(-c3cc(C(=O)OC4CC(C)(C)NC(C)(C)C4)c4ccccc4c3)cc3ccccc23)CC(C)(C)C1. The predicted molar refractivity (Wildman–Crippen MR) is 187 cm³/mol. The van der Waals surface area contributed by atoms with Crippen molar-refractivity contribution in [1.82, 2.24) is 5.32 Å². The van der Waals surface area contributed by atoms with E-state index in [-0.39, 0.29) is 46.1 Å². The number of fused-ring (bicyclic) bond motifs is 2. The lowest BCUT2D eigenvalue weighted by Crippen LogP contribution is -2.59. The number of piperidine rings is 1. The van der Waals surface area contributed by atoms with Crippen molar-refractivity contribution in [3.05, 3.63) is 83.9 Å². The zero-order chi connectivity index (χ0) is 33.1. The normalized spacial score (nSPS) is 20.8. The van der Waals surface area contributed by atoms with Gasteiger partial charge in [-0.2, -0.15) is 0 Å². The highest BCUT2D eigenvalue weighted by Gasteiger charge is 2.41. The molecular formula is C41H49NO4. The standard InChI is InChI=1S/C41H49NO4/c1-38(2)21-30(22-39(3,4)25-38)45-36(43)34-19-28(17-26-13-9-11-15-32(26)34)29-18-27-14-10-12-16-33(27)35(20-29)37(44)46-31-23-40(5,6)42-41(7,8)24-31/h9-20,30-31,42H,21-25H2,1-8H3. The Morgan fingerprint density at radius 1 is 0.587 bits per heavy atom. The summed E-state index contributed by atoms with van der Waals surface area (Å²) in [6, 6.07) is 23.9. The van der Waals surface area contributed by atoms with Gasteiger partial charge in [-0.25, -0.2) is 9.59 Å². The summed E-state index contributed by atoms with van der Waals surface area (Å²) in [6.45, 7) is 17.7. The topological polar surface area (TPSA) is 64.6 Å². The molecule has 2 fully saturated rings. The van der Waals surface area contributed by atoms with Gasteiger partial charge in [-0.1, -0.05) is 76.2 Å². The minimum Gasteiger partial charge on any atom is -0.459 e. The van der Waals surface area contributed by atoms with Crippen molar-refractivity contribution in [2.75, 3.05) is 0 Å². The Hall–Kier alpha value is -3.70. The van der Waals surface area contributed by atoms with Crippen molar-refractivity contribution < 1.29 is 19.1 Å². The van der Waals surface area contributed by atoms with Gasteiger partial charge in [0.15, 0.2) is 0 Å². The van der Waals surface area contributed by atoms with Crippen LogP contribution in [0.2, 0.25) is 0 Å². The maximum Gasteiger partial charge on any atom is 0.339 e. The molecule has 1 aliphatic heterocycles. The van der Waals surface area contributed by atoms with E-state index in [0.29, 0.717) is 11.1 Å². The lowest BCUT2D eigenvalue weighted by molar-refractivity contribution is -0.0282. The fourth-order valence-corrected chi connectivity index (χ4v) is 8.86. The van der Waals surface area contributed by atoms with E-state index in [1.807, 2.05) is 60.7 Å². The van der Waals surface area contributed by atoms with Crippen LogP contribution in [0.25, 0.3) is 32.7 Å². The molecule has 1 aliphatic carbocycles. The van der Waals surface area contributed by atoms with Gasteiger partial charge in [-0.15, -0.1) is 0 Å². The molecule has 4 aromatic rings. The van der Waals surface area contributed by atoms with Crippen LogP contribution < -0.4 is 5.32 Å². The van der Waals surface area contributed by atoms with Crippen LogP contribution >= 0.6 is 0 Å². The highest BCUT2D eigenvalue weighted by atomic mass is 16.5. The van der Waals surface area contributed by atoms with Crippen molar-refractivity contribution in [1.29, 1.82) is 0 Å². The average molecular weight is 620 g/mol. The summed E-state index contributed by atoms with van der Waals surface area (Å²) in [5, 5.41) is 7.28. The molecule has 5 nitrogen and oxygen atoms in total. The Morgan fingerprint density at radius 3 is 1.41 bits per heavy atom. The molecule has 0 atom stereocenters. The van der Waals surface area contributed by atoms with Crippen molar-refractivity contribution in [3.63, 3.8) is 0 Å². The molecule has 4 aromatic carbocycles. The maximum atomic E-state index is 13.9. The van der Waals surface area contributed by atoms with Crippen LogP contribution in [0.5, 0.6) is 0 Å². The molecule has 1 saturated carbocycles. The lowest BCUT2D eigenvalue weighted by Gasteiger charge is -2.45. The van der Waals surface area contributed by atoms with Gasteiger partial charge in [0.2, 0.25) is 0 Å². The van der Waals surface area contributed by atoms with E-state index in [4.69, 9.17) is 9.47 Å². The van der Waals surface area contributed by atoms with Crippen LogP contribution in [0, 0.1) is 10.8 Å². The van der Waals surface area contributed by atoms with E-state index in [2.05, 4.69) is 72.8 Å². The molecule has 0 amide bonds. The van der Waals surface area contributed by atoms with Gasteiger partial charge in [-0.3, -0.25) is 0 Å². The Bertz CT molecular complexity index is 1650. The molecule has 5 heteroatoms. The van der Waals surface area contributed by atoms with Gasteiger partial charge in [0, 0.05) is 23.9 Å². The Labute approximate surface area is 274 Å². The number of esters is 2. The lowest BCUT2D eigenvalue weighted by atomic mass is 9.64. The minimum atomic E-state index is -0.320. The molecular weight excluding hydrogens is 570 g/mol. The zero-order valence-corrected chi connectivity index (χ0v) is 28.8. The number of nitrogens with one attached hydrogen (secondary N) is 1. The summed E-state index contributed by atoms with van der Waals surface area (Å²) in [5.41, 5.74) is 2.72. The number of hydrogen-bond acceptors (Lipinski definition) is 5. The smallest absolute Gasteiger partial charge is 0.339 e. The summed E-state index contributed by atoms with van der Waals surface area (Å²) in [4.78, 5) is 27.9. The Morgan fingerprint density at radius 2 is 0.978 bits per heavy atom. The molecule has 1 N–H and O–H groups in total. The van der Waals surface area contributed by atoms with Gasteiger partial charge in [0.1, 0.15) is 12.2 Å². The third-order valence-corrected chi connectivity index (χ3v) is 9.71. The largest absolute Gasteiger partial charge is 0.459 e. The number of rotatable bonds is 5. The highest BCUT2D eigenvalue weighted by Crippen LogP contribution is 2.47. The second kappa shape index (κ2) is 11.5. The van der Waals surface area contributed by atoms with Crippen molar-refractivity contribution >= 4 is 33.5 Å². The van der Waals surface area contributed by atoms with Gasteiger partial charge in [0.05, 0.1) is 11.1 Å². The monoisotopic (exact) mass is 619 g/mol. The molecule has 0 radical (unpaired) electrons. The second-order valence-corrected chi connectivity index (χ2v) is 16.8. The Balaban J connectivity index is 1.38. The van der Waals surface area contributed by atoms with Gasteiger partial charge in [0.25, 0.3) is 0 Å². The molecule has 0 aromatic heterocycles.